The molecule has 0 radical (unpaired) electrons. The van der Waals surface area contributed by atoms with E-state index in [1.165, 1.54) is 30.2 Å². The molecule has 39 heavy (non-hydrogen) atoms. The van der Waals surface area contributed by atoms with Crippen molar-refractivity contribution in [3.05, 3.63) is 89.2 Å². The molecule has 202 valence electrons. The highest BCUT2D eigenvalue weighted by Crippen LogP contribution is 2.45. The fraction of sp³-hybridized carbons (Fsp3) is 0.120. The van der Waals surface area contributed by atoms with E-state index in [0.717, 1.165) is 0 Å². The zero-order chi connectivity index (χ0) is 28.5. The quantitative estimate of drug-likeness (QED) is 0.279. The number of amides is 2. The Balaban J connectivity index is 0.000000448. The summed E-state index contributed by atoms with van der Waals surface area (Å²) in [5.41, 5.74) is 0.416. The lowest BCUT2D eigenvalue weighted by Gasteiger charge is -2.34. The van der Waals surface area contributed by atoms with E-state index in [4.69, 9.17) is 9.90 Å². The molecule has 14 heteroatoms. The summed E-state index contributed by atoms with van der Waals surface area (Å²) in [5, 5.41) is 21.6. The van der Waals surface area contributed by atoms with Crippen LogP contribution in [-0.4, -0.2) is 51.4 Å². The Labute approximate surface area is 216 Å². The fourth-order valence-electron chi connectivity index (χ4n) is 4.00. The van der Waals surface area contributed by atoms with E-state index in [1.54, 1.807) is 48.5 Å². The Hall–Kier alpha value is -4.98. The van der Waals surface area contributed by atoms with Crippen molar-refractivity contribution in [1.82, 2.24) is 9.97 Å². The molecular weight excluding hydrogens is 528 g/mol. The molecule has 1 aliphatic heterocycles. The number of fused-ring (bicyclic) bond motifs is 2. The van der Waals surface area contributed by atoms with Gasteiger partial charge in [0.05, 0.1) is 23.8 Å². The molecule has 1 atom stereocenters. The predicted octanol–water partition coefficient (Wildman–Crippen LogP) is 4.37. The third kappa shape index (κ3) is 5.09. The molecule has 1 aromatic heterocycles. The van der Waals surface area contributed by atoms with E-state index in [-0.39, 0.29) is 11.6 Å². The number of imidazole rings is 1. The van der Waals surface area contributed by atoms with Crippen molar-refractivity contribution in [1.29, 1.82) is 0 Å². The molecule has 5 rings (SSSR count). The van der Waals surface area contributed by atoms with Crippen LogP contribution in [0.2, 0.25) is 0 Å². The van der Waals surface area contributed by atoms with Gasteiger partial charge in [-0.2, -0.15) is 13.2 Å². The van der Waals surface area contributed by atoms with Crippen LogP contribution in [0, 0.1) is 5.82 Å². The highest BCUT2D eigenvalue weighted by atomic mass is 19.4. The summed E-state index contributed by atoms with van der Waals surface area (Å²) in [7, 11) is 1.24. The maximum Gasteiger partial charge on any atom is 0.490 e. The number of hydrogen-bond donors (Lipinski definition) is 4. The number of carbonyl (C=O) groups is 3. The van der Waals surface area contributed by atoms with Crippen LogP contribution < -0.4 is 10.2 Å². The summed E-state index contributed by atoms with van der Waals surface area (Å²) < 4.78 is 50.3. The average Bonchev–Trinajstić information content (AvgIpc) is 3.39. The number of nitrogens with zero attached hydrogens (tertiary/aromatic N) is 2. The van der Waals surface area contributed by atoms with Crippen LogP contribution in [0.5, 0.6) is 0 Å². The molecule has 0 spiro atoms. The zero-order valence-electron chi connectivity index (χ0n) is 19.8. The van der Waals surface area contributed by atoms with Gasteiger partial charge >= 0.3 is 18.2 Å². The lowest BCUT2D eigenvalue weighted by atomic mass is 9.93. The van der Waals surface area contributed by atoms with Crippen molar-refractivity contribution in [2.75, 3.05) is 17.3 Å². The van der Waals surface area contributed by atoms with E-state index < -0.39 is 35.7 Å². The number of rotatable bonds is 3. The number of aromatic amines is 1. The van der Waals surface area contributed by atoms with Crippen LogP contribution in [0.15, 0.2) is 66.7 Å². The van der Waals surface area contributed by atoms with E-state index in [2.05, 4.69) is 20.0 Å². The molecule has 0 aliphatic carbocycles. The lowest BCUT2D eigenvalue weighted by Crippen LogP contribution is -2.45. The maximum absolute atomic E-state index is 14.0. The van der Waals surface area contributed by atoms with Gasteiger partial charge in [-0.25, -0.2) is 19.0 Å². The number of benzene rings is 3. The SMILES string of the molecule is COC(=O)Nc1nc2ccc(C3(O)c4ccccc4C(=O)N3c3cccc(F)c3)cc2[nH]1.O=C(O)C(F)(F)F. The van der Waals surface area contributed by atoms with Crippen LogP contribution in [0.25, 0.3) is 11.0 Å². The monoisotopic (exact) mass is 546 g/mol. The second-order valence-electron chi connectivity index (χ2n) is 8.08. The molecule has 0 saturated heterocycles. The second kappa shape index (κ2) is 10.1. The summed E-state index contributed by atoms with van der Waals surface area (Å²) in [6, 6.07) is 17.1. The van der Waals surface area contributed by atoms with Gasteiger partial charge in [0.15, 0.2) is 5.72 Å². The zero-order valence-corrected chi connectivity index (χ0v) is 19.8. The van der Waals surface area contributed by atoms with E-state index in [1.807, 2.05) is 0 Å². The molecular formula is C25H18F4N4O6. The van der Waals surface area contributed by atoms with E-state index >= 15 is 0 Å². The predicted molar refractivity (Wildman–Crippen MR) is 128 cm³/mol. The molecule has 4 N–H and O–H groups in total. The summed E-state index contributed by atoms with van der Waals surface area (Å²) in [6.07, 6.45) is -5.77. The number of H-pyrrole nitrogens is 1. The van der Waals surface area contributed by atoms with Gasteiger partial charge in [-0.1, -0.05) is 30.3 Å². The van der Waals surface area contributed by atoms with Crippen LogP contribution in [0.3, 0.4) is 0 Å². The first-order valence-corrected chi connectivity index (χ1v) is 10.9. The van der Waals surface area contributed by atoms with Gasteiger partial charge in [0, 0.05) is 16.7 Å². The van der Waals surface area contributed by atoms with Crippen molar-refractivity contribution < 1.29 is 46.9 Å². The number of halogens is 4. The van der Waals surface area contributed by atoms with Gasteiger partial charge in [0.25, 0.3) is 5.91 Å². The molecule has 2 heterocycles. The highest BCUT2D eigenvalue weighted by Gasteiger charge is 2.50. The fourth-order valence-corrected chi connectivity index (χ4v) is 4.00. The van der Waals surface area contributed by atoms with Crippen molar-refractivity contribution in [2.45, 2.75) is 11.9 Å². The molecule has 3 aromatic carbocycles. The molecule has 2 amide bonds. The average molecular weight is 546 g/mol. The number of aromatic nitrogens is 2. The Morgan fingerprint density at radius 3 is 2.41 bits per heavy atom. The number of hydrogen-bond acceptors (Lipinski definition) is 6. The Bertz CT molecular complexity index is 1590. The summed E-state index contributed by atoms with van der Waals surface area (Å²) in [5.74, 6) is -3.57. The minimum Gasteiger partial charge on any atom is -0.475 e. The third-order valence-electron chi connectivity index (χ3n) is 5.66. The smallest absolute Gasteiger partial charge is 0.475 e. The number of anilines is 2. The number of nitrogens with one attached hydrogen (secondary N) is 2. The first kappa shape index (κ1) is 27.1. The van der Waals surface area contributed by atoms with Gasteiger partial charge in [0.1, 0.15) is 5.82 Å². The normalized spacial score (nSPS) is 16.4. The van der Waals surface area contributed by atoms with Crippen molar-refractivity contribution in [3.8, 4) is 0 Å². The molecule has 1 aliphatic rings. The molecule has 10 nitrogen and oxygen atoms in total. The first-order chi connectivity index (χ1) is 18.4. The largest absolute Gasteiger partial charge is 0.490 e. The number of carboxylic acids is 1. The van der Waals surface area contributed by atoms with Gasteiger partial charge in [-0.05, 0) is 36.4 Å². The Morgan fingerprint density at radius 1 is 1.08 bits per heavy atom. The standard InChI is InChI=1S/C23H17FN4O4.C2HF3O2/c1-32-22(30)27-21-25-18-10-9-13(11-19(18)26-21)23(31)17-8-3-2-7-16(17)20(29)28(23)15-6-4-5-14(24)12-15;3-2(4,5)1(6)7/h2-12,31H,1H3,(H2,25,26,27,30);(H,6,7). The summed E-state index contributed by atoms with van der Waals surface area (Å²) >= 11 is 0. The molecule has 0 fully saturated rings. The van der Waals surface area contributed by atoms with Crippen LogP contribution in [0.4, 0.5) is 34.0 Å². The maximum atomic E-state index is 14.0. The second-order valence-corrected chi connectivity index (χ2v) is 8.08. The van der Waals surface area contributed by atoms with Gasteiger partial charge < -0.3 is 19.9 Å². The Kier molecular flexibility index (Phi) is 6.98. The molecule has 1 unspecified atom stereocenters. The molecule has 0 saturated carbocycles. The van der Waals surface area contributed by atoms with Gasteiger partial charge in [-0.3, -0.25) is 15.0 Å². The van der Waals surface area contributed by atoms with Crippen LogP contribution in [-0.2, 0) is 15.3 Å². The third-order valence-corrected chi connectivity index (χ3v) is 5.66. The van der Waals surface area contributed by atoms with Crippen LogP contribution >= 0.6 is 0 Å². The van der Waals surface area contributed by atoms with Crippen LogP contribution in [0.1, 0.15) is 21.5 Å². The van der Waals surface area contributed by atoms with Crippen molar-refractivity contribution in [3.63, 3.8) is 0 Å². The van der Waals surface area contributed by atoms with E-state index in [0.29, 0.717) is 27.7 Å². The first-order valence-electron chi connectivity index (χ1n) is 10.9. The number of aliphatic hydroxyl groups is 1. The number of aliphatic carboxylic acids is 1. The summed E-state index contributed by atoms with van der Waals surface area (Å²) in [4.78, 5) is 42.0. The number of alkyl halides is 3. The number of ether oxygens (including phenoxy) is 1. The minimum absolute atomic E-state index is 0.167. The van der Waals surface area contributed by atoms with Gasteiger partial charge in [-0.15, -0.1) is 0 Å². The molecule has 0 bridgehead atoms. The van der Waals surface area contributed by atoms with Crippen molar-refractivity contribution >= 4 is 40.6 Å². The summed E-state index contributed by atoms with van der Waals surface area (Å²) in [6.45, 7) is 0. The van der Waals surface area contributed by atoms with Gasteiger partial charge in [0.2, 0.25) is 5.95 Å². The molecule has 4 aromatic rings. The van der Waals surface area contributed by atoms with Crippen molar-refractivity contribution in [2.24, 2.45) is 0 Å². The lowest BCUT2D eigenvalue weighted by molar-refractivity contribution is -0.192. The Morgan fingerprint density at radius 2 is 1.77 bits per heavy atom. The highest BCUT2D eigenvalue weighted by molar-refractivity contribution is 6.12. The minimum atomic E-state index is -5.08. The number of methoxy groups -OCH3 is 1. The number of carbonyl (C=O) groups excluding carboxylic acids is 2. The number of carboxylic acid groups (broad SMARTS) is 1. The van der Waals surface area contributed by atoms with E-state index in [9.17, 15) is 32.3 Å². The topological polar surface area (TPSA) is 145 Å².